The number of aliphatic hydroxyl groups excluding tert-OH is 11. The molecule has 0 spiro atoms. The summed E-state index contributed by atoms with van der Waals surface area (Å²) >= 11 is 0. The van der Waals surface area contributed by atoms with Crippen LogP contribution in [0, 0.1) is 0 Å². The fourth-order valence-electron chi connectivity index (χ4n) is 15.6. The number of hydrogen-bond donors (Lipinski definition) is 12. The second-order valence-electron chi connectivity index (χ2n) is 33.1. The molecule has 12 N–H and O–H groups in total. The number of hydrogen-bond acceptors (Lipinski definition) is 18. The van der Waals surface area contributed by atoms with Crippen molar-refractivity contribution in [1.29, 1.82) is 0 Å². The SMILES string of the molecule is CC/C=C\C/C=C\C/C=C\C/C=C\C/C=C\CCCCCCCCCCCCCCCCCCCCCCCCCC(=O)NC(COC1OC(CO)C(OC2OC(CO)C(OC3OC(CO)C(O)C(O)C3O)C(O)C2O)C(O)C1O)C(O)/C=C/CCCCCCCCCCCCCCCCCCCCCCCCCCCCC. The van der Waals surface area contributed by atoms with Gasteiger partial charge in [-0.2, -0.15) is 0 Å². The summed E-state index contributed by atoms with van der Waals surface area (Å²) in [5.74, 6) is -0.268. The van der Waals surface area contributed by atoms with Gasteiger partial charge in [-0.3, -0.25) is 4.79 Å². The summed E-state index contributed by atoms with van der Waals surface area (Å²) in [6.07, 6.45) is 72.0. The van der Waals surface area contributed by atoms with Crippen molar-refractivity contribution < 1.29 is 89.4 Å². The third kappa shape index (κ3) is 51.5. The molecule has 0 saturated carbocycles. The van der Waals surface area contributed by atoms with Gasteiger partial charge >= 0.3 is 0 Å². The minimum atomic E-state index is -1.98. The van der Waals surface area contributed by atoms with E-state index in [4.69, 9.17) is 28.4 Å². The van der Waals surface area contributed by atoms with Gasteiger partial charge in [-0.1, -0.05) is 389 Å². The number of carbonyl (C=O) groups excluding carboxylic acids is 1. The molecule has 3 rings (SSSR count). The molecular weight excluding hydrogens is 1430 g/mol. The van der Waals surface area contributed by atoms with Crippen LogP contribution < -0.4 is 5.32 Å². The Hall–Kier alpha value is -2.77. The number of amides is 1. The molecule has 3 aliphatic heterocycles. The molecule has 0 aliphatic carbocycles. The summed E-state index contributed by atoms with van der Waals surface area (Å²) < 4.78 is 34.6. The van der Waals surface area contributed by atoms with Crippen LogP contribution in [0.2, 0.25) is 0 Å². The number of rotatable bonds is 76. The van der Waals surface area contributed by atoms with E-state index in [1.54, 1.807) is 6.08 Å². The molecule has 3 fully saturated rings. The molecule has 3 heterocycles. The van der Waals surface area contributed by atoms with Crippen LogP contribution in [-0.2, 0) is 33.2 Å². The molecule has 0 aromatic carbocycles. The van der Waals surface area contributed by atoms with E-state index in [-0.39, 0.29) is 18.9 Å². The molecule has 1 amide bonds. The number of allylic oxidation sites excluding steroid dienone is 11. The summed E-state index contributed by atoms with van der Waals surface area (Å²) in [5, 5.41) is 121. The molecular formula is C94H171NO18. The van der Waals surface area contributed by atoms with E-state index in [1.807, 2.05) is 6.08 Å². The zero-order chi connectivity index (χ0) is 81.7. The van der Waals surface area contributed by atoms with Crippen LogP contribution in [0.5, 0.6) is 0 Å². The van der Waals surface area contributed by atoms with E-state index in [1.165, 1.54) is 283 Å². The Labute approximate surface area is 687 Å². The molecule has 17 atom stereocenters. The molecule has 113 heavy (non-hydrogen) atoms. The highest BCUT2D eigenvalue weighted by atomic mass is 16.8. The van der Waals surface area contributed by atoms with Crippen molar-refractivity contribution in [2.75, 3.05) is 26.4 Å². The quantitative estimate of drug-likeness (QED) is 0.0199. The van der Waals surface area contributed by atoms with E-state index < -0.39 is 124 Å². The lowest BCUT2D eigenvalue weighted by Gasteiger charge is -2.48. The van der Waals surface area contributed by atoms with Crippen LogP contribution in [0.1, 0.15) is 386 Å². The van der Waals surface area contributed by atoms with Crippen molar-refractivity contribution in [3.05, 3.63) is 72.9 Å². The first-order valence-corrected chi connectivity index (χ1v) is 46.7. The fourth-order valence-corrected chi connectivity index (χ4v) is 15.6. The predicted molar refractivity (Wildman–Crippen MR) is 457 cm³/mol. The molecule has 17 unspecified atom stereocenters. The maximum atomic E-state index is 13.5. The van der Waals surface area contributed by atoms with Crippen molar-refractivity contribution in [3.8, 4) is 0 Å². The largest absolute Gasteiger partial charge is 0.394 e. The Morgan fingerprint density at radius 1 is 0.327 bits per heavy atom. The summed E-state index contributed by atoms with van der Waals surface area (Å²) in [6.45, 7) is 1.68. The number of unbranched alkanes of at least 4 members (excludes halogenated alkanes) is 50. The lowest BCUT2D eigenvalue weighted by atomic mass is 9.96. The van der Waals surface area contributed by atoms with Gasteiger partial charge in [0.25, 0.3) is 0 Å². The molecule has 0 aromatic rings. The first-order valence-electron chi connectivity index (χ1n) is 46.7. The summed E-state index contributed by atoms with van der Waals surface area (Å²) in [7, 11) is 0. The number of aliphatic hydroxyl groups is 11. The minimum Gasteiger partial charge on any atom is -0.394 e. The maximum absolute atomic E-state index is 13.5. The molecule has 3 saturated heterocycles. The average Bonchev–Trinajstić information content (AvgIpc) is 0.780. The predicted octanol–water partition coefficient (Wildman–Crippen LogP) is 18.3. The second-order valence-corrected chi connectivity index (χ2v) is 33.1. The minimum absolute atomic E-state index is 0.246. The van der Waals surface area contributed by atoms with Crippen molar-refractivity contribution in [1.82, 2.24) is 5.32 Å². The zero-order valence-corrected chi connectivity index (χ0v) is 71.4. The van der Waals surface area contributed by atoms with Crippen LogP contribution >= 0.6 is 0 Å². The maximum Gasteiger partial charge on any atom is 0.220 e. The number of carbonyl (C=O) groups is 1. The topological polar surface area (TPSA) is 307 Å². The first-order chi connectivity index (χ1) is 55.3. The van der Waals surface area contributed by atoms with Crippen LogP contribution in [-0.4, -0.2) is 193 Å². The smallest absolute Gasteiger partial charge is 0.220 e. The van der Waals surface area contributed by atoms with E-state index in [0.29, 0.717) is 6.42 Å². The van der Waals surface area contributed by atoms with Gasteiger partial charge in [-0.25, -0.2) is 0 Å². The van der Waals surface area contributed by atoms with E-state index in [9.17, 15) is 61.0 Å². The molecule has 19 heteroatoms. The lowest BCUT2D eigenvalue weighted by Crippen LogP contribution is -2.66. The lowest BCUT2D eigenvalue weighted by molar-refractivity contribution is -0.379. The van der Waals surface area contributed by atoms with Crippen molar-refractivity contribution in [2.24, 2.45) is 0 Å². The Kier molecular flexibility index (Phi) is 67.6. The van der Waals surface area contributed by atoms with Gasteiger partial charge in [0.15, 0.2) is 18.9 Å². The number of ether oxygens (including phenoxy) is 6. The van der Waals surface area contributed by atoms with Crippen molar-refractivity contribution in [2.45, 2.75) is 491 Å². The molecule has 0 aromatic heterocycles. The van der Waals surface area contributed by atoms with E-state index in [0.717, 1.165) is 77.0 Å². The Morgan fingerprint density at radius 2 is 0.611 bits per heavy atom. The third-order valence-corrected chi connectivity index (χ3v) is 23.0. The molecule has 19 nitrogen and oxygen atoms in total. The highest BCUT2D eigenvalue weighted by Crippen LogP contribution is 2.34. The Morgan fingerprint density at radius 3 is 0.956 bits per heavy atom. The van der Waals surface area contributed by atoms with Crippen LogP contribution in [0.25, 0.3) is 0 Å². The molecule has 0 radical (unpaired) electrons. The van der Waals surface area contributed by atoms with Crippen LogP contribution in [0.4, 0.5) is 0 Å². The highest BCUT2D eigenvalue weighted by Gasteiger charge is 2.54. The average molecular weight is 1600 g/mol. The van der Waals surface area contributed by atoms with Gasteiger partial charge in [-0.15, -0.1) is 0 Å². The molecule has 0 bridgehead atoms. The van der Waals surface area contributed by atoms with Gasteiger partial charge in [0, 0.05) is 6.42 Å². The highest BCUT2D eigenvalue weighted by molar-refractivity contribution is 5.76. The molecule has 3 aliphatic rings. The Balaban J connectivity index is 1.30. The zero-order valence-electron chi connectivity index (χ0n) is 71.4. The van der Waals surface area contributed by atoms with E-state index >= 15 is 0 Å². The van der Waals surface area contributed by atoms with Gasteiger partial charge in [-0.05, 0) is 64.2 Å². The van der Waals surface area contributed by atoms with Gasteiger partial charge < -0.3 is 89.9 Å². The van der Waals surface area contributed by atoms with Crippen molar-refractivity contribution in [3.63, 3.8) is 0 Å². The van der Waals surface area contributed by atoms with Gasteiger partial charge in [0.05, 0.1) is 38.6 Å². The summed E-state index contributed by atoms with van der Waals surface area (Å²) in [6, 6.07) is -0.976. The number of nitrogens with one attached hydrogen (secondary N) is 1. The Bertz CT molecular complexity index is 2320. The van der Waals surface area contributed by atoms with Crippen LogP contribution in [0.15, 0.2) is 72.9 Å². The van der Waals surface area contributed by atoms with Crippen LogP contribution in [0.3, 0.4) is 0 Å². The van der Waals surface area contributed by atoms with Crippen molar-refractivity contribution >= 4 is 5.91 Å². The van der Waals surface area contributed by atoms with Gasteiger partial charge in [0.2, 0.25) is 5.91 Å². The fraction of sp³-hybridized carbons (Fsp3) is 0.862. The standard InChI is InChI=1S/C94H171NO18/c1-3-5-7-9-11-13-15-17-19-21-23-25-27-29-31-33-34-35-36-37-38-39-40-41-42-44-46-48-50-52-54-56-58-60-62-64-66-68-70-72-82(100)95-77(78(99)71-69-67-65-63-61-59-57-55-53-51-49-47-45-43-32-30-28-26-24-22-20-18-16-14-12-10-8-6-4-2)76-108-92-88(106)85(103)90(80(74-97)110-92)113-94-89(107)86(104)91(81(75-98)111-94)112-93-87(105)84(102)83(101)79(73-96)109-93/h5,7,11,13,17,19,23,25,29,31,69,71,77-81,83-94,96-99,101-107H,3-4,6,8-10,12,14-16,18,20-22,24,26-28,30,32-68,70,72-76H2,1-2H3,(H,95,100)/b7-5-,13-11-,19-17-,25-23-,31-29-,71-69+. The van der Waals surface area contributed by atoms with E-state index in [2.05, 4.69) is 79.9 Å². The summed E-state index contributed by atoms with van der Waals surface area (Å²) in [5.41, 5.74) is 0. The van der Waals surface area contributed by atoms with Gasteiger partial charge in [0.1, 0.15) is 73.2 Å². The normalized spacial score (nSPS) is 25.1. The molecule has 660 valence electrons. The first kappa shape index (κ1) is 104. The second kappa shape index (κ2) is 73.2. The summed E-state index contributed by atoms with van der Waals surface area (Å²) in [4.78, 5) is 13.5. The third-order valence-electron chi connectivity index (χ3n) is 23.0. The monoisotopic (exact) mass is 1600 g/mol.